The number of ether oxygens (including phenoxy) is 1. The Morgan fingerprint density at radius 2 is 1.95 bits per heavy atom. The summed E-state index contributed by atoms with van der Waals surface area (Å²) in [6, 6.07) is 6.61. The molecule has 0 aliphatic rings. The number of nitrogens with two attached hydrogens (primary N) is 1. The normalized spacial score (nSPS) is 10.5. The summed E-state index contributed by atoms with van der Waals surface area (Å²) in [5.74, 6) is -1.17. The summed E-state index contributed by atoms with van der Waals surface area (Å²) >= 11 is 8.81. The van der Waals surface area contributed by atoms with Gasteiger partial charge in [0.05, 0.1) is 9.50 Å². The van der Waals surface area contributed by atoms with Crippen molar-refractivity contribution in [1.29, 1.82) is 5.41 Å². The SMILES string of the molecule is N=C(N)c1ccc(COc2cc(F)c(Cl)cc2Br)c(F)c1. The van der Waals surface area contributed by atoms with Gasteiger partial charge in [0.1, 0.15) is 29.8 Å². The van der Waals surface area contributed by atoms with Gasteiger partial charge < -0.3 is 10.5 Å². The average molecular weight is 376 g/mol. The zero-order chi connectivity index (χ0) is 15.6. The van der Waals surface area contributed by atoms with Crippen molar-refractivity contribution < 1.29 is 13.5 Å². The second-order valence-electron chi connectivity index (χ2n) is 4.21. The van der Waals surface area contributed by atoms with Crippen molar-refractivity contribution in [3.63, 3.8) is 0 Å². The van der Waals surface area contributed by atoms with Crippen molar-refractivity contribution in [2.45, 2.75) is 6.61 Å². The molecular weight excluding hydrogens is 366 g/mol. The minimum absolute atomic E-state index is 0.0359. The number of rotatable bonds is 4. The van der Waals surface area contributed by atoms with E-state index in [-0.39, 0.29) is 34.3 Å². The molecule has 0 fully saturated rings. The number of amidine groups is 1. The third-order valence-corrected chi connectivity index (χ3v) is 3.63. The molecule has 0 aromatic heterocycles. The lowest BCUT2D eigenvalue weighted by atomic mass is 10.1. The number of halogens is 4. The third-order valence-electron chi connectivity index (χ3n) is 2.72. The van der Waals surface area contributed by atoms with Crippen LogP contribution in [0.25, 0.3) is 0 Å². The predicted octanol–water partition coefficient (Wildman–Crippen LogP) is 4.24. The lowest BCUT2D eigenvalue weighted by Gasteiger charge is -2.10. The van der Waals surface area contributed by atoms with Crippen molar-refractivity contribution in [1.82, 2.24) is 0 Å². The summed E-state index contributed by atoms with van der Waals surface area (Å²) in [5, 5.41) is 7.19. The molecule has 0 aliphatic heterocycles. The molecule has 0 bridgehead atoms. The summed E-state index contributed by atoms with van der Waals surface area (Å²) in [7, 11) is 0. The largest absolute Gasteiger partial charge is 0.488 e. The molecule has 0 heterocycles. The highest BCUT2D eigenvalue weighted by atomic mass is 79.9. The van der Waals surface area contributed by atoms with Crippen LogP contribution in [0.3, 0.4) is 0 Å². The molecule has 0 saturated carbocycles. The average Bonchev–Trinajstić information content (AvgIpc) is 2.42. The standard InChI is InChI=1S/C14H10BrClF2N2O/c15-9-4-10(16)12(18)5-13(9)21-6-8-2-1-7(14(19)20)3-11(8)17/h1-5H,6H2,(H3,19,20). The Morgan fingerprint density at radius 1 is 1.24 bits per heavy atom. The first-order chi connectivity index (χ1) is 9.88. The van der Waals surface area contributed by atoms with Crippen LogP contribution in [-0.2, 0) is 6.61 Å². The molecule has 0 radical (unpaired) electrons. The maximum absolute atomic E-state index is 13.8. The molecule has 0 atom stereocenters. The fraction of sp³-hybridized carbons (Fsp3) is 0.0714. The van der Waals surface area contributed by atoms with Crippen LogP contribution in [0, 0.1) is 17.0 Å². The van der Waals surface area contributed by atoms with E-state index in [1.54, 1.807) is 0 Å². The van der Waals surface area contributed by atoms with E-state index in [2.05, 4.69) is 15.9 Å². The van der Waals surface area contributed by atoms with Crippen molar-refractivity contribution >= 4 is 33.4 Å². The molecule has 2 aromatic rings. The Balaban J connectivity index is 2.17. The fourth-order valence-corrected chi connectivity index (χ4v) is 2.36. The van der Waals surface area contributed by atoms with Gasteiger partial charge in [-0.2, -0.15) is 0 Å². The molecule has 0 unspecified atom stereocenters. The molecule has 21 heavy (non-hydrogen) atoms. The van der Waals surface area contributed by atoms with E-state index in [1.165, 1.54) is 18.2 Å². The zero-order valence-electron chi connectivity index (χ0n) is 10.6. The first kappa shape index (κ1) is 15.7. The molecule has 3 N–H and O–H groups in total. The van der Waals surface area contributed by atoms with Gasteiger partial charge in [-0.25, -0.2) is 8.78 Å². The van der Waals surface area contributed by atoms with Crippen LogP contribution in [0.5, 0.6) is 5.75 Å². The third kappa shape index (κ3) is 3.71. The van der Waals surface area contributed by atoms with E-state index in [9.17, 15) is 8.78 Å². The van der Waals surface area contributed by atoms with Crippen molar-refractivity contribution in [2.75, 3.05) is 0 Å². The second kappa shape index (κ2) is 6.41. The van der Waals surface area contributed by atoms with Crippen molar-refractivity contribution in [3.05, 3.63) is 62.6 Å². The van der Waals surface area contributed by atoms with E-state index < -0.39 is 11.6 Å². The van der Waals surface area contributed by atoms with Gasteiger partial charge in [0.2, 0.25) is 0 Å². The maximum atomic E-state index is 13.8. The van der Waals surface area contributed by atoms with E-state index in [0.29, 0.717) is 4.47 Å². The van der Waals surface area contributed by atoms with Crippen molar-refractivity contribution in [2.24, 2.45) is 5.73 Å². The first-order valence-electron chi connectivity index (χ1n) is 5.78. The van der Waals surface area contributed by atoms with Gasteiger partial charge in [-0.1, -0.05) is 23.7 Å². The summed E-state index contributed by atoms with van der Waals surface area (Å²) in [5.41, 5.74) is 5.83. The van der Waals surface area contributed by atoms with E-state index >= 15 is 0 Å². The van der Waals surface area contributed by atoms with Crippen LogP contribution in [0.2, 0.25) is 5.02 Å². The molecule has 0 amide bonds. The van der Waals surface area contributed by atoms with Gasteiger partial charge in [-0.05, 0) is 28.1 Å². The highest BCUT2D eigenvalue weighted by Crippen LogP contribution is 2.31. The van der Waals surface area contributed by atoms with Gasteiger partial charge in [-0.3, -0.25) is 5.41 Å². The van der Waals surface area contributed by atoms with Crippen LogP contribution in [0.1, 0.15) is 11.1 Å². The number of nitrogen functional groups attached to an aromatic ring is 1. The Hall–Kier alpha value is -1.66. The van der Waals surface area contributed by atoms with E-state index in [1.807, 2.05) is 0 Å². The molecule has 3 nitrogen and oxygen atoms in total. The lowest BCUT2D eigenvalue weighted by molar-refractivity contribution is 0.296. The quantitative estimate of drug-likeness (QED) is 0.477. The molecule has 0 aliphatic carbocycles. The number of benzene rings is 2. The molecule has 0 saturated heterocycles. The number of hydrogen-bond donors (Lipinski definition) is 2. The monoisotopic (exact) mass is 374 g/mol. The maximum Gasteiger partial charge on any atom is 0.145 e. The van der Waals surface area contributed by atoms with E-state index in [0.717, 1.165) is 12.1 Å². The predicted molar refractivity (Wildman–Crippen MR) is 80.9 cm³/mol. The number of nitrogens with one attached hydrogen (secondary N) is 1. The van der Waals surface area contributed by atoms with Gasteiger partial charge in [0, 0.05) is 17.2 Å². The molecule has 2 rings (SSSR count). The van der Waals surface area contributed by atoms with Crippen LogP contribution >= 0.6 is 27.5 Å². The van der Waals surface area contributed by atoms with Gasteiger partial charge >= 0.3 is 0 Å². The van der Waals surface area contributed by atoms with Crippen LogP contribution in [0.4, 0.5) is 8.78 Å². The molecule has 0 spiro atoms. The van der Waals surface area contributed by atoms with Gasteiger partial charge in [-0.15, -0.1) is 0 Å². The van der Waals surface area contributed by atoms with Crippen LogP contribution in [0.15, 0.2) is 34.8 Å². The van der Waals surface area contributed by atoms with Crippen LogP contribution < -0.4 is 10.5 Å². The summed E-state index contributed by atoms with van der Waals surface area (Å²) in [6.07, 6.45) is 0. The summed E-state index contributed by atoms with van der Waals surface area (Å²) in [4.78, 5) is 0. The molecular formula is C14H10BrClF2N2O. The lowest BCUT2D eigenvalue weighted by Crippen LogP contribution is -2.12. The second-order valence-corrected chi connectivity index (χ2v) is 5.47. The highest BCUT2D eigenvalue weighted by Gasteiger charge is 2.10. The summed E-state index contributed by atoms with van der Waals surface area (Å²) < 4.78 is 33.0. The Labute approximate surface area is 133 Å². The molecule has 7 heteroatoms. The van der Waals surface area contributed by atoms with E-state index in [4.69, 9.17) is 27.5 Å². The van der Waals surface area contributed by atoms with Gasteiger partial charge in [0.15, 0.2) is 0 Å². The number of hydrogen-bond acceptors (Lipinski definition) is 2. The first-order valence-corrected chi connectivity index (χ1v) is 6.95. The highest BCUT2D eigenvalue weighted by molar-refractivity contribution is 9.10. The van der Waals surface area contributed by atoms with Crippen LogP contribution in [-0.4, -0.2) is 5.84 Å². The topological polar surface area (TPSA) is 59.1 Å². The minimum Gasteiger partial charge on any atom is -0.488 e. The van der Waals surface area contributed by atoms with Crippen molar-refractivity contribution in [3.8, 4) is 5.75 Å². The summed E-state index contributed by atoms with van der Waals surface area (Å²) in [6.45, 7) is -0.0936. The zero-order valence-corrected chi connectivity index (χ0v) is 12.9. The smallest absolute Gasteiger partial charge is 0.145 e. The molecule has 110 valence electrons. The Kier molecular flexibility index (Phi) is 4.80. The molecule has 2 aromatic carbocycles. The Bertz CT molecular complexity index is 710. The van der Waals surface area contributed by atoms with Gasteiger partial charge in [0.25, 0.3) is 0 Å². The Morgan fingerprint density at radius 3 is 2.57 bits per heavy atom. The minimum atomic E-state index is -0.623. The fourth-order valence-electron chi connectivity index (χ4n) is 1.60.